The van der Waals surface area contributed by atoms with E-state index in [0.717, 1.165) is 13.0 Å². The van der Waals surface area contributed by atoms with Gasteiger partial charge in [-0.05, 0) is 54.9 Å². The van der Waals surface area contributed by atoms with E-state index in [-0.39, 0.29) is 0 Å². The highest BCUT2D eigenvalue weighted by molar-refractivity contribution is 7.47. The van der Waals surface area contributed by atoms with Gasteiger partial charge < -0.3 is 9.09 Å². The predicted octanol–water partition coefficient (Wildman–Crippen LogP) is 4.65. The lowest BCUT2D eigenvalue weighted by Gasteiger charge is -2.46. The fraction of sp³-hybridized carbons (Fsp3) is 0.789. The number of hydrogen-bond acceptors (Lipinski definition) is 5. The van der Waals surface area contributed by atoms with Crippen molar-refractivity contribution in [2.75, 3.05) is 6.61 Å². The van der Waals surface area contributed by atoms with E-state index in [9.17, 15) is 0 Å². The van der Waals surface area contributed by atoms with Crippen LogP contribution in [0.1, 0.15) is 61.3 Å². The molecule has 0 saturated carbocycles. The van der Waals surface area contributed by atoms with Crippen molar-refractivity contribution in [2.24, 2.45) is 0 Å². The maximum atomic E-state index is 8.92. The molecule has 0 N–H and O–H groups in total. The number of nitrogens with zero attached hydrogens (tertiary/aromatic N) is 5. The van der Waals surface area contributed by atoms with E-state index in [2.05, 4.69) is 73.4 Å². The van der Waals surface area contributed by atoms with Gasteiger partial charge in [-0.3, -0.25) is 0 Å². The zero-order valence-corrected chi connectivity index (χ0v) is 18.4. The van der Waals surface area contributed by atoms with Crippen LogP contribution in [0.2, 0.25) is 0 Å². The van der Waals surface area contributed by atoms with E-state index in [4.69, 9.17) is 9.79 Å². The van der Waals surface area contributed by atoms with Crippen LogP contribution < -0.4 is 0 Å². The molecule has 7 heteroatoms. The van der Waals surface area contributed by atoms with E-state index >= 15 is 0 Å². The van der Waals surface area contributed by atoms with Gasteiger partial charge >= 0.3 is 0 Å². The Labute approximate surface area is 161 Å². The zero-order valence-electron chi connectivity index (χ0n) is 17.5. The van der Waals surface area contributed by atoms with Crippen molar-refractivity contribution in [2.45, 2.75) is 92.0 Å². The number of nitriles is 1. The molecule has 1 heterocycles. The van der Waals surface area contributed by atoms with Gasteiger partial charge in [0.1, 0.15) is 0 Å². The topological polar surface area (TPSA) is 57.3 Å². The Morgan fingerprint density at radius 3 is 2.15 bits per heavy atom. The average Bonchev–Trinajstić information content (AvgIpc) is 3.05. The smallest absolute Gasteiger partial charge is 0.188 e. The maximum Gasteiger partial charge on any atom is 0.188 e. The number of hydrogen-bond donors (Lipinski definition) is 0. The third kappa shape index (κ3) is 6.96. The first-order valence-corrected chi connectivity index (χ1v) is 10.8. The number of rotatable bonds is 12. The summed E-state index contributed by atoms with van der Waals surface area (Å²) < 4.78 is 13.4. The fourth-order valence-electron chi connectivity index (χ4n) is 3.18. The Morgan fingerprint density at radius 1 is 1.08 bits per heavy atom. The molecule has 0 radical (unpaired) electrons. The summed E-state index contributed by atoms with van der Waals surface area (Å²) in [5, 5.41) is 8.92. The molecule has 148 valence electrons. The van der Waals surface area contributed by atoms with Crippen LogP contribution in [0.4, 0.5) is 0 Å². The minimum atomic E-state index is -0.935. The Kier molecular flexibility index (Phi) is 10.3. The molecule has 1 aromatic rings. The van der Waals surface area contributed by atoms with Crippen LogP contribution in [0.5, 0.6) is 0 Å². The molecule has 0 saturated heterocycles. The first kappa shape index (κ1) is 23.0. The first-order chi connectivity index (χ1) is 12.3. The van der Waals surface area contributed by atoms with Crippen LogP contribution >= 0.6 is 8.45 Å². The second-order valence-electron chi connectivity index (χ2n) is 7.47. The van der Waals surface area contributed by atoms with Gasteiger partial charge in [0.15, 0.2) is 8.45 Å². The predicted molar refractivity (Wildman–Crippen MR) is 108 cm³/mol. The minimum absolute atomic E-state index is 0.362. The average molecular weight is 382 g/mol. The third-order valence-corrected chi connectivity index (χ3v) is 7.20. The van der Waals surface area contributed by atoms with Gasteiger partial charge in [0, 0.05) is 43.1 Å². The zero-order chi connectivity index (χ0) is 19.7. The molecular formula is C19H36N5OP. The van der Waals surface area contributed by atoms with Crippen LogP contribution in [-0.4, -0.2) is 49.7 Å². The van der Waals surface area contributed by atoms with Gasteiger partial charge in [0.2, 0.25) is 0 Å². The summed E-state index contributed by atoms with van der Waals surface area (Å²) in [6.45, 7) is 17.0. The number of aromatic nitrogens is 2. The molecule has 6 nitrogen and oxygen atoms in total. The summed E-state index contributed by atoms with van der Waals surface area (Å²) in [5.74, 6) is 0. The van der Waals surface area contributed by atoms with Crippen molar-refractivity contribution in [3.8, 4) is 6.07 Å². The van der Waals surface area contributed by atoms with Gasteiger partial charge in [-0.1, -0.05) is 0 Å². The molecule has 0 aromatic carbocycles. The normalized spacial score (nSPS) is 14.6. The molecule has 0 bridgehead atoms. The summed E-state index contributed by atoms with van der Waals surface area (Å²) in [6, 6.07) is 3.69. The maximum absolute atomic E-state index is 8.92. The largest absolute Gasteiger partial charge is 0.337 e. The molecule has 0 amide bonds. The van der Waals surface area contributed by atoms with Crippen LogP contribution in [0, 0.1) is 11.3 Å². The van der Waals surface area contributed by atoms with Crippen LogP contribution in [0.3, 0.4) is 0 Å². The molecule has 2 atom stereocenters. The van der Waals surface area contributed by atoms with Gasteiger partial charge in [0.25, 0.3) is 0 Å². The number of imidazole rings is 1. The first-order valence-electron chi connectivity index (χ1n) is 9.61. The number of aryl methyl sites for hydroxylation is 1. The SMILES string of the molecule is CC(C)N(C(C)C)P(OCCC#N)N(C(C)C)C(C)CCn1ccnc1. The van der Waals surface area contributed by atoms with Crippen molar-refractivity contribution in [1.82, 2.24) is 18.9 Å². The van der Waals surface area contributed by atoms with Crippen LogP contribution in [-0.2, 0) is 11.1 Å². The standard InChI is InChI=1S/C19H36N5OP/c1-16(2)23(17(3)4)26(25-14-8-10-20)24(18(5)6)19(7)9-12-22-13-11-21-15-22/h11,13,15-19H,8-9,12,14H2,1-7H3. The quantitative estimate of drug-likeness (QED) is 0.390. The molecular weight excluding hydrogens is 345 g/mol. The van der Waals surface area contributed by atoms with Crippen molar-refractivity contribution in [1.29, 1.82) is 5.26 Å². The molecule has 0 fully saturated rings. The summed E-state index contributed by atoms with van der Waals surface area (Å²) in [7, 11) is -0.935. The molecule has 26 heavy (non-hydrogen) atoms. The fourth-order valence-corrected chi connectivity index (χ4v) is 5.58. The van der Waals surface area contributed by atoms with Crippen LogP contribution in [0.15, 0.2) is 18.7 Å². The summed E-state index contributed by atoms with van der Waals surface area (Å²) in [6.07, 6.45) is 7.15. The van der Waals surface area contributed by atoms with Crippen molar-refractivity contribution < 1.29 is 4.52 Å². The van der Waals surface area contributed by atoms with Crippen molar-refractivity contribution >= 4 is 8.45 Å². The van der Waals surface area contributed by atoms with Crippen LogP contribution in [0.25, 0.3) is 0 Å². The summed E-state index contributed by atoms with van der Waals surface area (Å²) in [5.41, 5.74) is 0. The molecule has 2 unspecified atom stereocenters. The monoisotopic (exact) mass is 381 g/mol. The molecule has 1 rings (SSSR count). The molecule has 0 spiro atoms. The Bertz CT molecular complexity index is 519. The highest BCUT2D eigenvalue weighted by Gasteiger charge is 2.35. The Balaban J connectivity index is 2.98. The second-order valence-corrected chi connectivity index (χ2v) is 9.16. The summed E-state index contributed by atoms with van der Waals surface area (Å²) >= 11 is 0. The van der Waals surface area contributed by atoms with Gasteiger partial charge in [-0.15, -0.1) is 0 Å². The Morgan fingerprint density at radius 2 is 1.69 bits per heavy atom. The van der Waals surface area contributed by atoms with E-state index in [1.54, 1.807) is 0 Å². The van der Waals surface area contributed by atoms with Gasteiger partial charge in [-0.2, -0.15) is 5.26 Å². The van der Waals surface area contributed by atoms with E-state index < -0.39 is 8.45 Å². The van der Waals surface area contributed by atoms with E-state index in [1.807, 2.05) is 18.7 Å². The molecule has 1 aromatic heterocycles. The second kappa shape index (κ2) is 11.7. The highest BCUT2D eigenvalue weighted by Crippen LogP contribution is 2.51. The molecule has 0 aliphatic rings. The van der Waals surface area contributed by atoms with Crippen molar-refractivity contribution in [3.63, 3.8) is 0 Å². The molecule has 0 aliphatic carbocycles. The van der Waals surface area contributed by atoms with Crippen molar-refractivity contribution in [3.05, 3.63) is 18.7 Å². The Hall–Kier alpha value is -0.990. The lowest BCUT2D eigenvalue weighted by molar-refractivity contribution is 0.178. The molecule has 0 aliphatic heterocycles. The van der Waals surface area contributed by atoms with E-state index in [0.29, 0.717) is 37.2 Å². The lowest BCUT2D eigenvalue weighted by Crippen LogP contribution is -2.44. The third-order valence-electron chi connectivity index (χ3n) is 4.22. The van der Waals surface area contributed by atoms with Gasteiger partial charge in [0.05, 0.1) is 25.4 Å². The minimum Gasteiger partial charge on any atom is -0.337 e. The highest BCUT2D eigenvalue weighted by atomic mass is 31.2. The lowest BCUT2D eigenvalue weighted by atomic mass is 10.2. The summed E-state index contributed by atoms with van der Waals surface area (Å²) in [4.78, 5) is 4.13. The van der Waals surface area contributed by atoms with E-state index in [1.165, 1.54) is 0 Å². The van der Waals surface area contributed by atoms with Gasteiger partial charge in [-0.25, -0.2) is 14.3 Å².